The van der Waals surface area contributed by atoms with E-state index in [9.17, 15) is 0 Å². The molecule has 30 heavy (non-hydrogen) atoms. The molecule has 5 rings (SSSR count). The number of benzene rings is 2. The van der Waals surface area contributed by atoms with Gasteiger partial charge in [0, 0.05) is 51.1 Å². The molecule has 0 amide bonds. The molecule has 0 bridgehead atoms. The first-order valence-corrected chi connectivity index (χ1v) is 10.1. The summed E-state index contributed by atoms with van der Waals surface area (Å²) in [7, 11) is 0. The van der Waals surface area contributed by atoms with E-state index in [2.05, 4.69) is 81.7 Å². The maximum Gasteiger partial charge on any atom is 0.221 e. The van der Waals surface area contributed by atoms with Crippen molar-refractivity contribution in [3.63, 3.8) is 0 Å². The van der Waals surface area contributed by atoms with E-state index in [0.717, 1.165) is 46.5 Å². The minimum atomic E-state index is 0.266. The van der Waals surface area contributed by atoms with Crippen LogP contribution in [0.5, 0.6) is 0 Å². The predicted molar refractivity (Wildman–Crippen MR) is 123 cm³/mol. The summed E-state index contributed by atoms with van der Waals surface area (Å²) in [6.07, 6.45) is 5.63. The molecule has 0 saturated carbocycles. The quantitative estimate of drug-likeness (QED) is 0.330. The molecule has 0 aliphatic heterocycles. The van der Waals surface area contributed by atoms with E-state index in [1.807, 2.05) is 12.3 Å². The fourth-order valence-electron chi connectivity index (χ4n) is 4.12. The van der Waals surface area contributed by atoms with E-state index in [-0.39, 0.29) is 5.95 Å². The molecule has 0 aliphatic carbocycles. The number of nitrogens with two attached hydrogens (primary N) is 1. The zero-order valence-electron chi connectivity index (χ0n) is 17.1. The number of fused-ring (bicyclic) bond motifs is 2. The van der Waals surface area contributed by atoms with Gasteiger partial charge in [-0.3, -0.25) is 0 Å². The van der Waals surface area contributed by atoms with Crippen molar-refractivity contribution in [2.45, 2.75) is 26.7 Å². The van der Waals surface area contributed by atoms with Gasteiger partial charge in [0.25, 0.3) is 0 Å². The van der Waals surface area contributed by atoms with Gasteiger partial charge in [-0.1, -0.05) is 12.1 Å². The van der Waals surface area contributed by atoms with Crippen LogP contribution in [0.3, 0.4) is 0 Å². The Balaban J connectivity index is 1.42. The Bertz CT molecular complexity index is 1360. The lowest BCUT2D eigenvalue weighted by atomic mass is 10.0. The first kappa shape index (κ1) is 18.2. The second-order valence-corrected chi connectivity index (χ2v) is 7.79. The zero-order valence-corrected chi connectivity index (χ0v) is 17.1. The number of aryl methyl sites for hydroxylation is 4. The first-order valence-electron chi connectivity index (χ1n) is 10.1. The highest BCUT2D eigenvalue weighted by molar-refractivity contribution is 5.87. The van der Waals surface area contributed by atoms with E-state index in [1.165, 1.54) is 22.0 Å². The maximum atomic E-state index is 5.89. The van der Waals surface area contributed by atoms with Crippen molar-refractivity contribution in [2.24, 2.45) is 0 Å². The standard InChI is InChI=1S/C24H24N6/c1-14-4-3-5-21-22(14)16(12-26-21)6-7-17-13-27-24(25)30-23(17)29-19-8-9-20-18(11-19)10-15(2)28-20/h3-5,8-13,26,28H,6-7H2,1-2H3,(H3,25,27,29,30). The average molecular weight is 396 g/mol. The van der Waals surface area contributed by atoms with Crippen LogP contribution in [0.4, 0.5) is 17.5 Å². The van der Waals surface area contributed by atoms with Crippen molar-refractivity contribution in [1.29, 1.82) is 0 Å². The topological polar surface area (TPSA) is 95.4 Å². The van der Waals surface area contributed by atoms with Crippen LogP contribution in [0.2, 0.25) is 0 Å². The molecule has 0 fully saturated rings. The summed E-state index contributed by atoms with van der Waals surface area (Å²) in [6.45, 7) is 4.21. The smallest absolute Gasteiger partial charge is 0.221 e. The molecule has 3 heterocycles. The number of H-pyrrole nitrogens is 2. The first-order chi connectivity index (χ1) is 14.6. The SMILES string of the molecule is Cc1cc2cc(Nc3nc(N)ncc3CCc3c[nH]c4cccc(C)c34)ccc2[nH]1. The van der Waals surface area contributed by atoms with Gasteiger partial charge in [-0.25, -0.2) is 4.98 Å². The zero-order chi connectivity index (χ0) is 20.7. The Morgan fingerprint density at radius 2 is 1.87 bits per heavy atom. The summed E-state index contributed by atoms with van der Waals surface area (Å²) in [5.74, 6) is 1.02. The minimum absolute atomic E-state index is 0.266. The Kier molecular flexibility index (Phi) is 4.39. The third-order valence-electron chi connectivity index (χ3n) is 5.56. The molecule has 6 heteroatoms. The van der Waals surface area contributed by atoms with Crippen molar-refractivity contribution < 1.29 is 0 Å². The molecule has 5 aromatic rings. The summed E-state index contributed by atoms with van der Waals surface area (Å²) in [4.78, 5) is 15.4. The van der Waals surface area contributed by atoms with E-state index < -0.39 is 0 Å². The Hall–Kier alpha value is -3.80. The largest absolute Gasteiger partial charge is 0.368 e. The van der Waals surface area contributed by atoms with E-state index in [1.54, 1.807) is 0 Å². The third-order valence-corrected chi connectivity index (χ3v) is 5.56. The summed E-state index contributed by atoms with van der Waals surface area (Å²) < 4.78 is 0. The number of aromatic nitrogens is 4. The van der Waals surface area contributed by atoms with Gasteiger partial charge >= 0.3 is 0 Å². The fraction of sp³-hybridized carbons (Fsp3) is 0.167. The molecule has 5 N–H and O–H groups in total. The van der Waals surface area contributed by atoms with Crippen LogP contribution in [0.15, 0.2) is 54.9 Å². The van der Waals surface area contributed by atoms with Crippen molar-refractivity contribution in [1.82, 2.24) is 19.9 Å². The van der Waals surface area contributed by atoms with Crippen LogP contribution in [-0.4, -0.2) is 19.9 Å². The highest BCUT2D eigenvalue weighted by Crippen LogP contribution is 2.27. The van der Waals surface area contributed by atoms with Crippen LogP contribution >= 0.6 is 0 Å². The number of nitrogens with zero attached hydrogens (tertiary/aromatic N) is 2. The second kappa shape index (κ2) is 7.22. The van der Waals surface area contributed by atoms with Crippen molar-refractivity contribution >= 4 is 39.3 Å². The van der Waals surface area contributed by atoms with Gasteiger partial charge in [0.15, 0.2) is 0 Å². The normalized spacial score (nSPS) is 11.4. The van der Waals surface area contributed by atoms with Gasteiger partial charge in [0.05, 0.1) is 0 Å². The van der Waals surface area contributed by atoms with E-state index in [0.29, 0.717) is 0 Å². The molecule has 3 aromatic heterocycles. The van der Waals surface area contributed by atoms with Gasteiger partial charge in [-0.2, -0.15) is 4.98 Å². The second-order valence-electron chi connectivity index (χ2n) is 7.79. The number of anilines is 3. The maximum absolute atomic E-state index is 5.89. The highest BCUT2D eigenvalue weighted by atomic mass is 15.1. The predicted octanol–water partition coefficient (Wildman–Crippen LogP) is 5.17. The summed E-state index contributed by atoms with van der Waals surface area (Å²) >= 11 is 0. The number of hydrogen-bond donors (Lipinski definition) is 4. The molecule has 0 radical (unpaired) electrons. The van der Waals surface area contributed by atoms with Gasteiger partial charge in [-0.05, 0) is 68.1 Å². The number of rotatable bonds is 5. The van der Waals surface area contributed by atoms with Crippen LogP contribution < -0.4 is 11.1 Å². The molecule has 0 spiro atoms. The Labute approximate surface area is 174 Å². The summed E-state index contributed by atoms with van der Waals surface area (Å²) in [5, 5.41) is 5.91. The number of nitrogen functional groups attached to an aromatic ring is 1. The summed E-state index contributed by atoms with van der Waals surface area (Å²) in [5.41, 5.74) is 13.9. The highest BCUT2D eigenvalue weighted by Gasteiger charge is 2.11. The van der Waals surface area contributed by atoms with Gasteiger partial charge in [-0.15, -0.1) is 0 Å². The molecule has 0 saturated heterocycles. The molecular formula is C24H24N6. The monoisotopic (exact) mass is 396 g/mol. The van der Waals surface area contributed by atoms with Crippen LogP contribution in [0.1, 0.15) is 22.4 Å². The molecule has 2 aromatic carbocycles. The van der Waals surface area contributed by atoms with Crippen molar-refractivity contribution in [3.8, 4) is 0 Å². The molecule has 0 unspecified atom stereocenters. The Morgan fingerprint density at radius 3 is 2.77 bits per heavy atom. The molecule has 0 atom stereocenters. The van der Waals surface area contributed by atoms with Crippen molar-refractivity contribution in [3.05, 3.63) is 77.2 Å². The van der Waals surface area contributed by atoms with Crippen LogP contribution in [-0.2, 0) is 12.8 Å². The lowest BCUT2D eigenvalue weighted by molar-refractivity contribution is 0.945. The number of nitrogens with one attached hydrogen (secondary N) is 3. The fourth-order valence-corrected chi connectivity index (χ4v) is 4.12. The van der Waals surface area contributed by atoms with Gasteiger partial charge < -0.3 is 21.0 Å². The van der Waals surface area contributed by atoms with Crippen LogP contribution in [0, 0.1) is 13.8 Å². The minimum Gasteiger partial charge on any atom is -0.368 e. The molecule has 6 nitrogen and oxygen atoms in total. The lowest BCUT2D eigenvalue weighted by Gasteiger charge is -2.12. The van der Waals surface area contributed by atoms with Crippen molar-refractivity contribution in [2.75, 3.05) is 11.1 Å². The van der Waals surface area contributed by atoms with Gasteiger partial charge in [0.2, 0.25) is 5.95 Å². The number of aromatic amines is 2. The van der Waals surface area contributed by atoms with Gasteiger partial charge in [0.1, 0.15) is 5.82 Å². The Morgan fingerprint density at radius 1 is 1.00 bits per heavy atom. The lowest BCUT2D eigenvalue weighted by Crippen LogP contribution is -2.05. The molecule has 0 aliphatic rings. The third kappa shape index (κ3) is 3.37. The summed E-state index contributed by atoms with van der Waals surface area (Å²) in [6, 6.07) is 14.7. The van der Waals surface area contributed by atoms with Crippen LogP contribution in [0.25, 0.3) is 21.8 Å². The van der Waals surface area contributed by atoms with E-state index >= 15 is 0 Å². The molecule has 150 valence electrons. The average Bonchev–Trinajstić information content (AvgIpc) is 3.30. The van der Waals surface area contributed by atoms with E-state index in [4.69, 9.17) is 5.73 Å². The molecular weight excluding hydrogens is 372 g/mol. The number of hydrogen-bond acceptors (Lipinski definition) is 4.